The molecule has 1 N–H and O–H groups in total. The maximum Gasteiger partial charge on any atom is 0.251 e. The van der Waals surface area contributed by atoms with Crippen LogP contribution in [0.2, 0.25) is 0 Å². The fourth-order valence-electron chi connectivity index (χ4n) is 3.13. The van der Waals surface area contributed by atoms with Gasteiger partial charge >= 0.3 is 0 Å². The van der Waals surface area contributed by atoms with Crippen LogP contribution in [0.4, 0.5) is 5.69 Å². The Hall–Kier alpha value is -3.04. The van der Waals surface area contributed by atoms with Crippen LogP contribution >= 0.6 is 15.9 Å². The Kier molecular flexibility index (Phi) is 8.35. The number of methoxy groups -OCH3 is 1. The van der Waals surface area contributed by atoms with E-state index in [1.807, 2.05) is 18.2 Å². The summed E-state index contributed by atoms with van der Waals surface area (Å²) in [5.41, 5.74) is 1.78. The number of halogens is 1. The summed E-state index contributed by atoms with van der Waals surface area (Å²) in [7, 11) is -1.94. The number of nitrogens with zero attached hydrogens (tertiary/aromatic N) is 1. The van der Waals surface area contributed by atoms with Crippen LogP contribution in [0.3, 0.4) is 0 Å². The minimum Gasteiger partial charge on any atom is -0.493 e. The van der Waals surface area contributed by atoms with Crippen molar-refractivity contribution in [2.45, 2.75) is 6.54 Å². The van der Waals surface area contributed by atoms with Crippen molar-refractivity contribution >= 4 is 37.5 Å². The van der Waals surface area contributed by atoms with Crippen LogP contribution in [0, 0.1) is 0 Å². The molecular formula is C24H25BrN2O5S. The molecule has 3 aromatic rings. The zero-order chi connectivity index (χ0) is 23.8. The van der Waals surface area contributed by atoms with Crippen molar-refractivity contribution in [3.05, 3.63) is 88.4 Å². The Bertz CT molecular complexity index is 1200. The van der Waals surface area contributed by atoms with Crippen LogP contribution in [0.5, 0.6) is 11.5 Å². The molecule has 33 heavy (non-hydrogen) atoms. The van der Waals surface area contributed by atoms with E-state index in [2.05, 4.69) is 21.2 Å². The first-order chi connectivity index (χ1) is 15.8. The number of sulfonamides is 1. The number of carbonyl (C=O) groups excluding carboxylic acids is 1. The predicted molar refractivity (Wildman–Crippen MR) is 132 cm³/mol. The fraction of sp³-hybridized carbons (Fsp3) is 0.208. The summed E-state index contributed by atoms with van der Waals surface area (Å²) in [5, 5.41) is 2.81. The predicted octanol–water partition coefficient (Wildman–Crippen LogP) is 4.23. The van der Waals surface area contributed by atoms with E-state index in [-0.39, 0.29) is 12.5 Å². The first-order valence-corrected chi connectivity index (χ1v) is 12.8. The molecule has 0 radical (unpaired) electrons. The minimum absolute atomic E-state index is 0.149. The van der Waals surface area contributed by atoms with E-state index < -0.39 is 10.0 Å². The largest absolute Gasteiger partial charge is 0.493 e. The van der Waals surface area contributed by atoms with Gasteiger partial charge in [-0.25, -0.2) is 8.42 Å². The average molecular weight is 533 g/mol. The van der Waals surface area contributed by atoms with Gasteiger partial charge in [-0.3, -0.25) is 9.10 Å². The number of anilines is 1. The van der Waals surface area contributed by atoms with Crippen LogP contribution in [-0.4, -0.2) is 40.8 Å². The third-order valence-electron chi connectivity index (χ3n) is 4.78. The van der Waals surface area contributed by atoms with Crippen molar-refractivity contribution < 1.29 is 22.7 Å². The molecule has 0 aromatic heterocycles. The Labute approximate surface area is 202 Å². The first-order valence-electron chi connectivity index (χ1n) is 10.1. The van der Waals surface area contributed by atoms with Crippen molar-refractivity contribution in [3.8, 4) is 11.5 Å². The first kappa shape index (κ1) is 24.6. The molecule has 0 unspecified atom stereocenters. The topological polar surface area (TPSA) is 84.9 Å². The zero-order valence-corrected chi connectivity index (χ0v) is 20.7. The summed E-state index contributed by atoms with van der Waals surface area (Å²) in [5.74, 6) is 1.00. The Morgan fingerprint density at radius 3 is 2.24 bits per heavy atom. The van der Waals surface area contributed by atoms with E-state index in [1.165, 1.54) is 10.6 Å². The van der Waals surface area contributed by atoms with Crippen molar-refractivity contribution in [2.75, 3.05) is 30.8 Å². The van der Waals surface area contributed by atoms with Crippen LogP contribution in [-0.2, 0) is 16.6 Å². The van der Waals surface area contributed by atoms with Crippen molar-refractivity contribution in [3.63, 3.8) is 0 Å². The Morgan fingerprint density at radius 2 is 1.61 bits per heavy atom. The summed E-state index contributed by atoms with van der Waals surface area (Å²) in [6.07, 6.45) is 1.17. The number of amides is 1. The maximum atomic E-state index is 12.4. The molecule has 0 heterocycles. The smallest absolute Gasteiger partial charge is 0.251 e. The molecule has 9 heteroatoms. The molecule has 3 aromatic carbocycles. The molecule has 0 fully saturated rings. The molecule has 0 aliphatic carbocycles. The highest BCUT2D eigenvalue weighted by molar-refractivity contribution is 9.10. The number of para-hydroxylation sites is 3. The monoisotopic (exact) mass is 532 g/mol. The summed E-state index contributed by atoms with van der Waals surface area (Å²) in [4.78, 5) is 12.4. The van der Waals surface area contributed by atoms with Gasteiger partial charge in [-0.1, -0.05) is 36.4 Å². The number of ether oxygens (including phenoxy) is 2. The average Bonchev–Trinajstić information content (AvgIpc) is 2.80. The standard InChI is InChI=1S/C24H25BrN2O5S/c1-31-22-9-5-6-10-23(22)32-16-15-26-24(28)19-13-11-18(12-14-19)17-27(33(2,29)30)21-8-4-3-7-20(21)25/h3-14H,15-17H2,1-2H3,(H,26,28). The van der Waals surface area contributed by atoms with E-state index in [9.17, 15) is 13.2 Å². The van der Waals surface area contributed by atoms with Gasteiger partial charge < -0.3 is 14.8 Å². The second kappa shape index (κ2) is 11.2. The number of carbonyl (C=O) groups is 1. The normalized spacial score (nSPS) is 11.0. The third kappa shape index (κ3) is 6.72. The van der Waals surface area contributed by atoms with Gasteiger partial charge in [-0.2, -0.15) is 0 Å². The molecule has 7 nitrogen and oxygen atoms in total. The second-order valence-corrected chi connectivity index (χ2v) is 9.93. The zero-order valence-electron chi connectivity index (χ0n) is 18.3. The number of rotatable bonds is 10. The van der Waals surface area contributed by atoms with Gasteiger partial charge in [0.25, 0.3) is 5.91 Å². The SMILES string of the molecule is COc1ccccc1OCCNC(=O)c1ccc(CN(c2ccccc2Br)S(C)(=O)=O)cc1. The Balaban J connectivity index is 1.58. The van der Waals surface area contributed by atoms with Gasteiger partial charge in [0.2, 0.25) is 10.0 Å². The summed E-state index contributed by atoms with van der Waals surface area (Å²) >= 11 is 3.41. The number of hydrogen-bond acceptors (Lipinski definition) is 5. The van der Waals surface area contributed by atoms with Gasteiger partial charge in [-0.15, -0.1) is 0 Å². The van der Waals surface area contributed by atoms with Crippen LogP contribution in [0.15, 0.2) is 77.3 Å². The van der Waals surface area contributed by atoms with Gasteiger partial charge in [0.05, 0.1) is 32.1 Å². The summed E-state index contributed by atoms with van der Waals surface area (Å²) in [6.45, 7) is 0.762. The van der Waals surface area contributed by atoms with Crippen molar-refractivity contribution in [1.82, 2.24) is 5.32 Å². The fourth-order valence-corrected chi connectivity index (χ4v) is 4.64. The van der Waals surface area contributed by atoms with E-state index in [4.69, 9.17) is 9.47 Å². The van der Waals surface area contributed by atoms with Crippen molar-refractivity contribution in [2.24, 2.45) is 0 Å². The second-order valence-electron chi connectivity index (χ2n) is 7.17. The lowest BCUT2D eigenvalue weighted by molar-refractivity contribution is 0.0947. The van der Waals surface area contributed by atoms with E-state index in [0.717, 1.165) is 5.56 Å². The molecule has 0 atom stereocenters. The van der Waals surface area contributed by atoms with Crippen LogP contribution < -0.4 is 19.1 Å². The number of hydrogen-bond donors (Lipinski definition) is 1. The van der Waals surface area contributed by atoms with E-state index in [0.29, 0.717) is 40.4 Å². The molecule has 0 saturated heterocycles. The van der Waals surface area contributed by atoms with Crippen molar-refractivity contribution in [1.29, 1.82) is 0 Å². The lowest BCUT2D eigenvalue weighted by Crippen LogP contribution is -2.30. The number of benzene rings is 3. The number of nitrogens with one attached hydrogen (secondary N) is 1. The maximum absolute atomic E-state index is 12.4. The van der Waals surface area contributed by atoms with Crippen LogP contribution in [0.1, 0.15) is 15.9 Å². The molecule has 0 aliphatic heterocycles. The van der Waals surface area contributed by atoms with Gasteiger partial charge in [0.15, 0.2) is 11.5 Å². The molecule has 0 spiro atoms. The molecule has 0 bridgehead atoms. The third-order valence-corrected chi connectivity index (χ3v) is 6.58. The molecule has 174 valence electrons. The summed E-state index contributed by atoms with van der Waals surface area (Å²) < 4.78 is 37.6. The van der Waals surface area contributed by atoms with Gasteiger partial charge in [0.1, 0.15) is 6.61 Å². The minimum atomic E-state index is -3.51. The van der Waals surface area contributed by atoms with Gasteiger partial charge in [-0.05, 0) is 57.9 Å². The van der Waals surface area contributed by atoms with Crippen LogP contribution in [0.25, 0.3) is 0 Å². The molecular weight excluding hydrogens is 508 g/mol. The Morgan fingerprint density at radius 1 is 0.970 bits per heavy atom. The molecule has 0 saturated carbocycles. The quantitative estimate of drug-likeness (QED) is 0.395. The van der Waals surface area contributed by atoms with E-state index >= 15 is 0 Å². The molecule has 3 rings (SSSR count). The molecule has 0 aliphatic rings. The molecule has 1 amide bonds. The highest BCUT2D eigenvalue weighted by atomic mass is 79.9. The van der Waals surface area contributed by atoms with Gasteiger partial charge in [0, 0.05) is 10.0 Å². The lowest BCUT2D eigenvalue weighted by atomic mass is 10.1. The lowest BCUT2D eigenvalue weighted by Gasteiger charge is -2.23. The highest BCUT2D eigenvalue weighted by Gasteiger charge is 2.20. The van der Waals surface area contributed by atoms with E-state index in [1.54, 1.807) is 61.7 Å². The summed E-state index contributed by atoms with van der Waals surface area (Å²) in [6, 6.07) is 21.3. The highest BCUT2D eigenvalue weighted by Crippen LogP contribution is 2.29.